The van der Waals surface area contributed by atoms with Crippen molar-refractivity contribution in [1.82, 2.24) is 25.2 Å². The van der Waals surface area contributed by atoms with Crippen molar-refractivity contribution >= 4 is 18.3 Å². The maximum Gasteiger partial charge on any atom is 0.276 e. The van der Waals surface area contributed by atoms with Crippen molar-refractivity contribution in [2.24, 2.45) is 0 Å². The van der Waals surface area contributed by atoms with E-state index in [2.05, 4.69) is 15.5 Å². The molecular weight excluding hydrogens is 370 g/mol. The van der Waals surface area contributed by atoms with Crippen LogP contribution in [0, 0.1) is 6.92 Å². The van der Waals surface area contributed by atoms with Crippen molar-refractivity contribution < 1.29 is 14.3 Å². The average molecular weight is 396 g/mol. The lowest BCUT2D eigenvalue weighted by atomic mass is 10.2. The topological polar surface area (TPSA) is 81.5 Å². The summed E-state index contributed by atoms with van der Waals surface area (Å²) >= 11 is 0. The molecule has 148 valence electrons. The molecule has 0 aliphatic carbocycles. The number of benzene rings is 1. The van der Waals surface area contributed by atoms with E-state index in [-0.39, 0.29) is 24.4 Å². The summed E-state index contributed by atoms with van der Waals surface area (Å²) < 4.78 is 10.5. The van der Waals surface area contributed by atoms with Crippen LogP contribution in [0.15, 0.2) is 24.3 Å². The second-order valence-electron chi connectivity index (χ2n) is 6.31. The maximum atomic E-state index is 12.8. The van der Waals surface area contributed by atoms with Gasteiger partial charge in [0.1, 0.15) is 12.4 Å². The molecule has 0 bridgehead atoms. The number of nitrogens with one attached hydrogen (secondary N) is 1. The molecule has 1 amide bonds. The van der Waals surface area contributed by atoms with Gasteiger partial charge in [0, 0.05) is 32.8 Å². The van der Waals surface area contributed by atoms with Crippen LogP contribution in [0.5, 0.6) is 5.75 Å². The number of ether oxygens (including phenoxy) is 2. The van der Waals surface area contributed by atoms with Crippen LogP contribution < -0.4 is 10.1 Å². The van der Waals surface area contributed by atoms with Crippen LogP contribution in [0.2, 0.25) is 0 Å². The quantitative estimate of drug-likeness (QED) is 0.746. The third-order valence-electron chi connectivity index (χ3n) is 4.37. The minimum Gasteiger partial charge on any atom is -0.491 e. The summed E-state index contributed by atoms with van der Waals surface area (Å²) in [7, 11) is 1.64. The summed E-state index contributed by atoms with van der Waals surface area (Å²) in [6, 6.07) is 7.57. The van der Waals surface area contributed by atoms with Crippen molar-refractivity contribution in [3.63, 3.8) is 0 Å². The zero-order chi connectivity index (χ0) is 18.5. The number of halogens is 1. The smallest absolute Gasteiger partial charge is 0.276 e. The van der Waals surface area contributed by atoms with Crippen LogP contribution in [0.1, 0.15) is 23.1 Å². The minimum atomic E-state index is -0.0673. The van der Waals surface area contributed by atoms with Gasteiger partial charge in [-0.25, -0.2) is 0 Å². The lowest BCUT2D eigenvalue weighted by Gasteiger charge is -2.33. The summed E-state index contributed by atoms with van der Waals surface area (Å²) in [6.07, 6.45) is 0. The van der Waals surface area contributed by atoms with E-state index < -0.39 is 0 Å². The number of carbonyl (C=O) groups excluding carboxylic acids is 1. The molecule has 0 radical (unpaired) electrons. The molecule has 3 rings (SSSR count). The van der Waals surface area contributed by atoms with Gasteiger partial charge >= 0.3 is 0 Å². The van der Waals surface area contributed by atoms with E-state index in [4.69, 9.17) is 9.47 Å². The number of rotatable bonds is 6. The number of nitrogens with zero attached hydrogens (tertiary/aromatic N) is 4. The summed E-state index contributed by atoms with van der Waals surface area (Å²) in [5, 5.41) is 12.1. The number of amides is 1. The fourth-order valence-corrected chi connectivity index (χ4v) is 2.89. The lowest BCUT2D eigenvalue weighted by Crippen LogP contribution is -2.52. The molecule has 0 unspecified atom stereocenters. The van der Waals surface area contributed by atoms with Gasteiger partial charge in [0.2, 0.25) is 0 Å². The van der Waals surface area contributed by atoms with Crippen molar-refractivity contribution in [2.75, 3.05) is 40.0 Å². The Balaban J connectivity index is 0.00000261. The Morgan fingerprint density at radius 3 is 2.67 bits per heavy atom. The van der Waals surface area contributed by atoms with Gasteiger partial charge in [0.25, 0.3) is 5.91 Å². The number of carbonyl (C=O) groups is 1. The van der Waals surface area contributed by atoms with Gasteiger partial charge in [-0.15, -0.1) is 17.5 Å². The number of hydrogen-bond acceptors (Lipinski definition) is 6. The molecule has 2 heterocycles. The van der Waals surface area contributed by atoms with Crippen LogP contribution in [-0.2, 0) is 4.74 Å². The zero-order valence-electron chi connectivity index (χ0n) is 15.8. The molecule has 1 aliphatic rings. The molecule has 1 saturated heterocycles. The summed E-state index contributed by atoms with van der Waals surface area (Å²) in [5.74, 6) is 0.683. The van der Waals surface area contributed by atoms with Crippen molar-refractivity contribution in [1.29, 1.82) is 0 Å². The highest BCUT2D eigenvalue weighted by atomic mass is 35.5. The first-order valence-corrected chi connectivity index (χ1v) is 8.78. The average Bonchev–Trinajstić information content (AvgIpc) is 3.04. The molecule has 1 aromatic heterocycles. The third kappa shape index (κ3) is 4.97. The summed E-state index contributed by atoms with van der Waals surface area (Å²) in [4.78, 5) is 16.2. The molecule has 1 fully saturated rings. The van der Waals surface area contributed by atoms with Gasteiger partial charge in [-0.1, -0.05) is 0 Å². The second kappa shape index (κ2) is 9.68. The Kier molecular flexibility index (Phi) is 7.58. The van der Waals surface area contributed by atoms with E-state index in [0.29, 0.717) is 31.1 Å². The molecule has 1 atom stereocenters. The Bertz CT molecular complexity index is 750. The summed E-state index contributed by atoms with van der Waals surface area (Å²) in [5.41, 5.74) is 1.81. The number of hydrogen-bond donors (Lipinski definition) is 1. The molecule has 27 heavy (non-hydrogen) atoms. The van der Waals surface area contributed by atoms with E-state index in [9.17, 15) is 4.79 Å². The van der Waals surface area contributed by atoms with Crippen LogP contribution in [0.3, 0.4) is 0 Å². The van der Waals surface area contributed by atoms with E-state index in [1.54, 1.807) is 7.11 Å². The van der Waals surface area contributed by atoms with Crippen LogP contribution in [-0.4, -0.2) is 71.8 Å². The fraction of sp³-hybridized carbons (Fsp3) is 0.500. The zero-order valence-corrected chi connectivity index (χ0v) is 16.7. The van der Waals surface area contributed by atoms with Crippen LogP contribution in [0.25, 0.3) is 5.69 Å². The van der Waals surface area contributed by atoms with Gasteiger partial charge in [0.15, 0.2) is 5.69 Å². The Morgan fingerprint density at radius 1 is 1.26 bits per heavy atom. The Labute approximate surface area is 165 Å². The molecular formula is C18H26ClN5O3. The van der Waals surface area contributed by atoms with Gasteiger partial charge in [-0.3, -0.25) is 4.79 Å². The van der Waals surface area contributed by atoms with Gasteiger partial charge in [0.05, 0.1) is 18.0 Å². The maximum absolute atomic E-state index is 12.8. The normalized spacial score (nSPS) is 16.7. The molecule has 1 aliphatic heterocycles. The minimum absolute atomic E-state index is 0. The van der Waals surface area contributed by atoms with Gasteiger partial charge in [-0.2, -0.15) is 9.90 Å². The molecule has 0 spiro atoms. The highest BCUT2D eigenvalue weighted by Gasteiger charge is 2.27. The van der Waals surface area contributed by atoms with E-state index in [1.807, 2.05) is 43.0 Å². The first-order valence-electron chi connectivity index (χ1n) is 8.78. The molecule has 1 N–H and O–H groups in total. The Hall–Kier alpha value is -2.16. The second-order valence-corrected chi connectivity index (χ2v) is 6.31. The molecule has 1 aromatic carbocycles. The monoisotopic (exact) mass is 395 g/mol. The first kappa shape index (κ1) is 21.1. The van der Waals surface area contributed by atoms with Crippen molar-refractivity contribution in [3.8, 4) is 11.4 Å². The van der Waals surface area contributed by atoms with Gasteiger partial charge < -0.3 is 19.7 Å². The highest BCUT2D eigenvalue weighted by molar-refractivity contribution is 5.93. The van der Waals surface area contributed by atoms with Crippen molar-refractivity contribution in [3.05, 3.63) is 35.7 Å². The standard InChI is InChI=1S/C18H25N5O3.ClH/c1-13-12-19-8-9-22(13)18(24)17-14(2)20-23(21-17)15-4-6-16(7-5-15)26-11-10-25-3;/h4-7,13,19H,8-12H2,1-3H3;1H/t13-;/m1./s1. The number of aromatic nitrogens is 3. The predicted molar refractivity (Wildman–Crippen MR) is 104 cm³/mol. The SMILES string of the molecule is COCCOc1ccc(-n2nc(C)c(C(=O)N3CCNC[C@H]3C)n2)cc1.Cl. The van der Waals surface area contributed by atoms with Crippen LogP contribution in [0.4, 0.5) is 0 Å². The van der Waals surface area contributed by atoms with Crippen LogP contribution >= 0.6 is 12.4 Å². The summed E-state index contributed by atoms with van der Waals surface area (Å²) in [6.45, 7) is 7.16. The third-order valence-corrected chi connectivity index (χ3v) is 4.37. The van der Waals surface area contributed by atoms with E-state index in [1.165, 1.54) is 4.80 Å². The molecule has 0 saturated carbocycles. The largest absolute Gasteiger partial charge is 0.491 e. The fourth-order valence-electron chi connectivity index (χ4n) is 2.89. The van der Waals surface area contributed by atoms with E-state index >= 15 is 0 Å². The lowest BCUT2D eigenvalue weighted by molar-refractivity contribution is 0.0648. The number of aryl methyl sites for hydroxylation is 1. The number of piperazine rings is 1. The highest BCUT2D eigenvalue weighted by Crippen LogP contribution is 2.16. The van der Waals surface area contributed by atoms with E-state index in [0.717, 1.165) is 24.5 Å². The molecule has 2 aromatic rings. The predicted octanol–water partition coefficient (Wildman–Crippen LogP) is 1.46. The number of methoxy groups -OCH3 is 1. The first-order chi connectivity index (χ1) is 12.6. The van der Waals surface area contributed by atoms with Crippen molar-refractivity contribution in [2.45, 2.75) is 19.9 Å². The van der Waals surface area contributed by atoms with Gasteiger partial charge in [-0.05, 0) is 38.1 Å². The molecule has 8 nitrogen and oxygen atoms in total. The Morgan fingerprint density at radius 2 is 2.00 bits per heavy atom. The molecule has 9 heteroatoms.